The molecule has 0 aliphatic heterocycles. The fourth-order valence-corrected chi connectivity index (χ4v) is 1.55. The molecular weight excluding hydrogens is 271 g/mol. The summed E-state index contributed by atoms with van der Waals surface area (Å²) < 4.78 is 43.4. The number of benzene rings is 1. The molecule has 0 aromatic heterocycles. The Kier molecular flexibility index (Phi) is 5.40. The molecule has 2 atom stereocenters. The lowest BCUT2D eigenvalue weighted by Gasteiger charge is -2.15. The molecule has 1 N–H and O–H groups in total. The second-order valence-corrected chi connectivity index (χ2v) is 4.67. The molecule has 0 saturated heterocycles. The quantitative estimate of drug-likeness (QED) is 0.903. The van der Waals surface area contributed by atoms with Gasteiger partial charge in [0, 0.05) is 0 Å². The highest BCUT2D eigenvalue weighted by Gasteiger charge is 2.34. The molecule has 0 heterocycles. The maximum atomic E-state index is 12.7. The van der Waals surface area contributed by atoms with Crippen molar-refractivity contribution in [2.24, 2.45) is 5.92 Å². The van der Waals surface area contributed by atoms with Gasteiger partial charge in [-0.3, -0.25) is 0 Å². The number of nitrogens with zero attached hydrogens (tertiary/aromatic N) is 1. The van der Waals surface area contributed by atoms with Crippen molar-refractivity contribution in [3.63, 3.8) is 0 Å². The van der Waals surface area contributed by atoms with E-state index in [1.807, 2.05) is 6.92 Å². The van der Waals surface area contributed by atoms with E-state index in [0.29, 0.717) is 6.42 Å². The van der Waals surface area contributed by atoms with Gasteiger partial charge in [-0.1, -0.05) is 6.92 Å². The average Bonchev–Trinajstić information content (AvgIpc) is 2.37. The van der Waals surface area contributed by atoms with Gasteiger partial charge >= 0.3 is 6.18 Å². The predicted molar refractivity (Wildman–Crippen MR) is 67.1 cm³/mol. The Hall–Kier alpha value is -1.74. The molecule has 0 radical (unpaired) electrons. The van der Waals surface area contributed by atoms with E-state index >= 15 is 0 Å². The van der Waals surface area contributed by atoms with Crippen molar-refractivity contribution in [1.82, 2.24) is 0 Å². The number of ether oxygens (including phenoxy) is 1. The molecular formula is C14H16F3NO2. The normalized spacial score (nSPS) is 14.4. The van der Waals surface area contributed by atoms with Crippen molar-refractivity contribution in [2.45, 2.75) is 32.5 Å². The van der Waals surface area contributed by atoms with E-state index in [1.165, 1.54) is 12.1 Å². The molecule has 110 valence electrons. The molecule has 0 aliphatic rings. The van der Waals surface area contributed by atoms with E-state index in [0.717, 1.165) is 12.1 Å². The number of aliphatic hydroxyl groups is 1. The molecule has 0 fully saturated rings. The summed E-state index contributed by atoms with van der Waals surface area (Å²) in [6, 6.07) is 4.76. The lowest BCUT2D eigenvalue weighted by atomic mass is 10.0. The summed E-state index contributed by atoms with van der Waals surface area (Å²) >= 11 is 0. The first-order chi connectivity index (χ1) is 9.25. The number of aliphatic hydroxyl groups excluding tert-OH is 1. The summed E-state index contributed by atoms with van der Waals surface area (Å²) in [5.41, 5.74) is -1.43. The van der Waals surface area contributed by atoms with Crippen LogP contribution in [0.1, 0.15) is 31.4 Å². The average molecular weight is 287 g/mol. The van der Waals surface area contributed by atoms with Gasteiger partial charge < -0.3 is 9.84 Å². The number of hydrogen-bond acceptors (Lipinski definition) is 3. The van der Waals surface area contributed by atoms with E-state index in [4.69, 9.17) is 10.00 Å². The topological polar surface area (TPSA) is 53.2 Å². The third-order valence-corrected chi connectivity index (χ3v) is 3.08. The Balaban J connectivity index is 2.76. The minimum Gasteiger partial charge on any atom is -0.494 e. The van der Waals surface area contributed by atoms with E-state index in [-0.39, 0.29) is 18.3 Å². The van der Waals surface area contributed by atoms with Crippen LogP contribution in [-0.2, 0) is 6.18 Å². The van der Waals surface area contributed by atoms with Crippen LogP contribution in [0.4, 0.5) is 13.2 Å². The fourth-order valence-electron chi connectivity index (χ4n) is 1.55. The Morgan fingerprint density at radius 1 is 1.35 bits per heavy atom. The zero-order chi connectivity index (χ0) is 15.3. The lowest BCUT2D eigenvalue weighted by molar-refractivity contribution is -0.137. The van der Waals surface area contributed by atoms with Crippen LogP contribution in [0.2, 0.25) is 0 Å². The summed E-state index contributed by atoms with van der Waals surface area (Å²) in [7, 11) is 0. The molecule has 6 heteroatoms. The lowest BCUT2D eigenvalue weighted by Crippen LogP contribution is -2.16. The van der Waals surface area contributed by atoms with E-state index in [2.05, 4.69) is 0 Å². The summed E-state index contributed by atoms with van der Waals surface area (Å²) in [5, 5.41) is 18.0. The molecule has 3 nitrogen and oxygen atoms in total. The predicted octanol–water partition coefficient (Wildman–Crippen LogP) is 3.36. The van der Waals surface area contributed by atoms with Gasteiger partial charge in [-0.15, -0.1) is 0 Å². The van der Waals surface area contributed by atoms with Gasteiger partial charge in [0.25, 0.3) is 0 Å². The molecule has 0 saturated carbocycles. The molecule has 1 rings (SSSR count). The second-order valence-electron chi connectivity index (χ2n) is 4.67. The van der Waals surface area contributed by atoms with Crippen LogP contribution in [-0.4, -0.2) is 17.8 Å². The van der Waals surface area contributed by atoms with Crippen LogP contribution in [0.3, 0.4) is 0 Å². The van der Waals surface area contributed by atoms with Gasteiger partial charge in [0.1, 0.15) is 5.75 Å². The molecule has 1 aromatic rings. The zero-order valence-corrected chi connectivity index (χ0v) is 11.2. The Labute approximate surface area is 115 Å². The standard InChI is InChI=1S/C14H16F3NO2/c1-9(10(2)19)5-6-20-12-4-3-11(8-18)13(7-12)14(15,16)17/h3-4,7,9-10,19H,5-6H2,1-2H3. The highest BCUT2D eigenvalue weighted by molar-refractivity contribution is 5.44. The van der Waals surface area contributed by atoms with E-state index in [1.54, 1.807) is 6.92 Å². The monoisotopic (exact) mass is 287 g/mol. The second kappa shape index (κ2) is 6.62. The number of rotatable bonds is 5. The molecule has 20 heavy (non-hydrogen) atoms. The highest BCUT2D eigenvalue weighted by Crippen LogP contribution is 2.34. The number of nitriles is 1. The van der Waals surface area contributed by atoms with Crippen molar-refractivity contribution in [2.75, 3.05) is 6.61 Å². The first-order valence-corrected chi connectivity index (χ1v) is 6.18. The van der Waals surface area contributed by atoms with Crippen LogP contribution in [0, 0.1) is 17.2 Å². The highest BCUT2D eigenvalue weighted by atomic mass is 19.4. The van der Waals surface area contributed by atoms with Crippen LogP contribution in [0.15, 0.2) is 18.2 Å². The summed E-state index contributed by atoms with van der Waals surface area (Å²) in [6.07, 6.45) is -4.55. The molecule has 0 aliphatic carbocycles. The smallest absolute Gasteiger partial charge is 0.417 e. The molecule has 0 amide bonds. The van der Waals surface area contributed by atoms with Gasteiger partial charge in [-0.2, -0.15) is 18.4 Å². The van der Waals surface area contributed by atoms with Crippen LogP contribution < -0.4 is 4.74 Å². The molecule has 0 spiro atoms. The van der Waals surface area contributed by atoms with Crippen molar-refractivity contribution in [1.29, 1.82) is 5.26 Å². The Morgan fingerprint density at radius 3 is 2.50 bits per heavy atom. The van der Waals surface area contributed by atoms with Gasteiger partial charge in [0.2, 0.25) is 0 Å². The van der Waals surface area contributed by atoms with Crippen molar-refractivity contribution in [3.8, 4) is 11.8 Å². The molecule has 0 bridgehead atoms. The third kappa shape index (κ3) is 4.42. The summed E-state index contributed by atoms with van der Waals surface area (Å²) in [5.74, 6) is 0.0598. The molecule has 2 unspecified atom stereocenters. The number of halogens is 3. The molecule has 1 aromatic carbocycles. The SMILES string of the molecule is CC(O)C(C)CCOc1ccc(C#N)c(C(F)(F)F)c1. The zero-order valence-electron chi connectivity index (χ0n) is 11.2. The Bertz CT molecular complexity index is 492. The van der Waals surface area contributed by atoms with Gasteiger partial charge in [0.15, 0.2) is 0 Å². The van der Waals surface area contributed by atoms with Gasteiger partial charge in [-0.25, -0.2) is 0 Å². The maximum absolute atomic E-state index is 12.7. The Morgan fingerprint density at radius 2 is 2.00 bits per heavy atom. The fraction of sp³-hybridized carbons (Fsp3) is 0.500. The van der Waals surface area contributed by atoms with E-state index < -0.39 is 23.4 Å². The third-order valence-electron chi connectivity index (χ3n) is 3.08. The van der Waals surface area contributed by atoms with E-state index in [9.17, 15) is 18.3 Å². The van der Waals surface area contributed by atoms with Crippen LogP contribution >= 0.6 is 0 Å². The first kappa shape index (κ1) is 16.3. The minimum absolute atomic E-state index is 0.00420. The van der Waals surface area contributed by atoms with Crippen LogP contribution in [0.5, 0.6) is 5.75 Å². The van der Waals surface area contributed by atoms with Gasteiger partial charge in [-0.05, 0) is 37.5 Å². The first-order valence-electron chi connectivity index (χ1n) is 6.18. The van der Waals surface area contributed by atoms with Crippen molar-refractivity contribution >= 4 is 0 Å². The van der Waals surface area contributed by atoms with Crippen molar-refractivity contribution < 1.29 is 23.0 Å². The minimum atomic E-state index is -4.59. The largest absolute Gasteiger partial charge is 0.494 e. The maximum Gasteiger partial charge on any atom is 0.417 e. The van der Waals surface area contributed by atoms with Crippen LogP contribution in [0.25, 0.3) is 0 Å². The summed E-state index contributed by atoms with van der Waals surface area (Å²) in [4.78, 5) is 0. The van der Waals surface area contributed by atoms with Crippen molar-refractivity contribution in [3.05, 3.63) is 29.3 Å². The number of hydrogen-bond donors (Lipinski definition) is 1. The summed E-state index contributed by atoms with van der Waals surface area (Å²) in [6.45, 7) is 3.68. The number of alkyl halides is 3. The van der Waals surface area contributed by atoms with Gasteiger partial charge in [0.05, 0.1) is 29.9 Å².